The zero-order valence-corrected chi connectivity index (χ0v) is 16.7. The molecule has 8 heteroatoms. The number of aryl methyl sites for hydroxylation is 1. The number of hydrogen-bond acceptors (Lipinski definition) is 4. The molecule has 1 aromatic heterocycles. The van der Waals surface area contributed by atoms with E-state index in [2.05, 4.69) is 55.7 Å². The van der Waals surface area contributed by atoms with E-state index < -0.39 is 5.97 Å². The number of aromatic carboxylic acids is 1. The zero-order chi connectivity index (χ0) is 19.4. The van der Waals surface area contributed by atoms with Gasteiger partial charge in [-0.25, -0.2) is 4.79 Å². The number of halogens is 1. The summed E-state index contributed by atoms with van der Waals surface area (Å²) in [6.07, 6.45) is 0. The Morgan fingerprint density at radius 3 is 2.56 bits per heavy atom. The van der Waals surface area contributed by atoms with Crippen LogP contribution in [0.15, 0.2) is 57.9 Å². The maximum atomic E-state index is 12.7. The molecule has 0 radical (unpaired) electrons. The third kappa shape index (κ3) is 4.58. The summed E-state index contributed by atoms with van der Waals surface area (Å²) in [5.41, 5.74) is 2.48. The van der Waals surface area contributed by atoms with Gasteiger partial charge in [-0.1, -0.05) is 35.9 Å². The molecule has 6 nitrogen and oxygen atoms in total. The lowest BCUT2D eigenvalue weighted by Gasteiger charge is -2.09. The van der Waals surface area contributed by atoms with E-state index >= 15 is 0 Å². The molecule has 0 saturated heterocycles. The van der Waals surface area contributed by atoms with Crippen molar-refractivity contribution in [3.05, 3.63) is 75.4 Å². The highest BCUT2D eigenvalue weighted by atomic mass is 79.9. The molecule has 0 aliphatic rings. The fourth-order valence-corrected chi connectivity index (χ4v) is 3.74. The van der Waals surface area contributed by atoms with E-state index in [0.29, 0.717) is 11.3 Å². The molecule has 0 aliphatic carbocycles. The Morgan fingerprint density at radius 1 is 1.19 bits per heavy atom. The molecule has 0 fully saturated rings. The highest BCUT2D eigenvalue weighted by molar-refractivity contribution is 9.10. The van der Waals surface area contributed by atoms with Gasteiger partial charge in [0.25, 0.3) is 5.91 Å². The zero-order valence-electron chi connectivity index (χ0n) is 14.3. The number of aromatic amines is 1. The number of carbonyl (C=O) groups is 2. The molecule has 0 bridgehead atoms. The van der Waals surface area contributed by atoms with Crippen molar-refractivity contribution in [3.63, 3.8) is 0 Å². The van der Waals surface area contributed by atoms with E-state index in [1.807, 2.05) is 19.1 Å². The summed E-state index contributed by atoms with van der Waals surface area (Å²) in [5.74, 6) is -0.739. The number of carbonyl (C=O) groups excluding carboxylic acids is 1. The highest BCUT2D eigenvalue weighted by Gasteiger charge is 2.19. The average Bonchev–Trinajstić information content (AvgIpc) is 3.02. The first kappa shape index (κ1) is 19.2. The molecular weight excluding hydrogens is 430 g/mol. The van der Waals surface area contributed by atoms with E-state index in [4.69, 9.17) is 5.11 Å². The Bertz CT molecular complexity index is 986. The number of thioether (sulfide) groups is 1. The molecule has 1 heterocycles. The van der Waals surface area contributed by atoms with Gasteiger partial charge in [-0.3, -0.25) is 9.89 Å². The second kappa shape index (κ2) is 8.41. The second-order valence-electron chi connectivity index (χ2n) is 5.78. The largest absolute Gasteiger partial charge is 0.476 e. The molecule has 0 unspecified atom stereocenters. The fraction of sp³-hybridized carbons (Fsp3) is 0.105. The number of benzene rings is 2. The van der Waals surface area contributed by atoms with Gasteiger partial charge in [-0.2, -0.15) is 5.10 Å². The van der Waals surface area contributed by atoms with Crippen molar-refractivity contribution in [2.24, 2.45) is 0 Å². The monoisotopic (exact) mass is 445 g/mol. The predicted molar refractivity (Wildman–Crippen MR) is 108 cm³/mol. The minimum atomic E-state index is -1.16. The summed E-state index contributed by atoms with van der Waals surface area (Å²) in [5, 5.41) is 17.9. The Hall–Kier alpha value is -2.58. The van der Waals surface area contributed by atoms with Crippen LogP contribution in [0, 0.1) is 6.92 Å². The van der Waals surface area contributed by atoms with Crippen molar-refractivity contribution in [2.75, 3.05) is 5.32 Å². The van der Waals surface area contributed by atoms with Crippen LogP contribution in [0.25, 0.3) is 0 Å². The lowest BCUT2D eigenvalue weighted by Crippen LogP contribution is -2.14. The molecular formula is C19H16BrN3O3S. The molecule has 27 heavy (non-hydrogen) atoms. The third-order valence-corrected chi connectivity index (χ3v) is 5.66. The molecule has 3 rings (SSSR count). The summed E-state index contributed by atoms with van der Waals surface area (Å²) in [6.45, 7) is 2.04. The summed E-state index contributed by atoms with van der Waals surface area (Å²) < 4.78 is 0.204. The first-order valence-corrected chi connectivity index (χ1v) is 9.79. The molecule has 0 spiro atoms. The summed E-state index contributed by atoms with van der Waals surface area (Å²) in [6, 6.07) is 15.5. The second-order valence-corrected chi connectivity index (χ2v) is 7.62. The number of anilines is 1. The van der Waals surface area contributed by atoms with Crippen LogP contribution >= 0.6 is 27.7 Å². The number of hydrogen-bond donors (Lipinski definition) is 3. The number of rotatable bonds is 6. The smallest absolute Gasteiger partial charge is 0.355 e. The summed E-state index contributed by atoms with van der Waals surface area (Å²) in [7, 11) is 0. The molecule has 3 aromatic rings. The van der Waals surface area contributed by atoms with Crippen molar-refractivity contribution in [3.8, 4) is 0 Å². The Labute approximate surface area is 168 Å². The Morgan fingerprint density at radius 2 is 1.89 bits per heavy atom. The van der Waals surface area contributed by atoms with Gasteiger partial charge in [0.1, 0.15) is 0 Å². The van der Waals surface area contributed by atoms with Crippen LogP contribution in [0.3, 0.4) is 0 Å². The normalized spacial score (nSPS) is 10.6. The number of nitrogens with one attached hydrogen (secondary N) is 2. The molecule has 1 amide bonds. The van der Waals surface area contributed by atoms with Crippen LogP contribution in [-0.2, 0) is 5.75 Å². The van der Waals surface area contributed by atoms with Gasteiger partial charge >= 0.3 is 5.97 Å². The van der Waals surface area contributed by atoms with E-state index in [9.17, 15) is 9.59 Å². The third-order valence-electron chi connectivity index (χ3n) is 3.83. The fourth-order valence-electron chi connectivity index (χ4n) is 2.39. The lowest BCUT2D eigenvalue weighted by molar-refractivity contribution is 0.0689. The molecule has 0 atom stereocenters. The van der Waals surface area contributed by atoms with E-state index in [0.717, 1.165) is 10.5 Å². The van der Waals surface area contributed by atoms with Crippen LogP contribution in [0.1, 0.15) is 32.0 Å². The summed E-state index contributed by atoms with van der Waals surface area (Å²) in [4.78, 5) is 24.9. The van der Waals surface area contributed by atoms with Gasteiger partial charge in [0.2, 0.25) is 0 Å². The van der Waals surface area contributed by atoms with E-state index in [1.54, 1.807) is 23.9 Å². The predicted octanol–water partition coefficient (Wildman–Crippen LogP) is 4.72. The van der Waals surface area contributed by atoms with Gasteiger partial charge in [-0.15, -0.1) is 11.8 Å². The van der Waals surface area contributed by atoms with E-state index in [1.165, 1.54) is 5.56 Å². The molecule has 138 valence electrons. The van der Waals surface area contributed by atoms with E-state index in [-0.39, 0.29) is 21.9 Å². The van der Waals surface area contributed by atoms with Crippen molar-refractivity contribution in [1.29, 1.82) is 0 Å². The Kier molecular flexibility index (Phi) is 5.98. The van der Waals surface area contributed by atoms with Crippen LogP contribution in [0.4, 0.5) is 5.82 Å². The number of H-pyrrole nitrogens is 1. The minimum Gasteiger partial charge on any atom is -0.476 e. The quantitative estimate of drug-likeness (QED) is 0.476. The van der Waals surface area contributed by atoms with Gasteiger partial charge in [0.15, 0.2) is 11.5 Å². The standard InChI is InChI=1S/C19H16BrN3O3S/c1-11-6-8-13(9-7-11)27-10-12-4-2-3-5-14(12)18(24)21-17-15(20)16(19(25)26)22-23-17/h2-9H,10H2,1H3,(H,25,26)(H2,21,22,23,24). The number of amides is 1. The van der Waals surface area contributed by atoms with Crippen molar-refractivity contribution >= 4 is 45.4 Å². The maximum Gasteiger partial charge on any atom is 0.355 e. The molecule has 2 aromatic carbocycles. The number of aromatic nitrogens is 2. The van der Waals surface area contributed by atoms with Crippen LogP contribution in [0.5, 0.6) is 0 Å². The number of carboxylic acids is 1. The van der Waals surface area contributed by atoms with Crippen molar-refractivity contribution in [2.45, 2.75) is 17.6 Å². The SMILES string of the molecule is Cc1ccc(SCc2ccccc2C(=O)Nc2n[nH]c(C(=O)O)c2Br)cc1. The van der Waals surface area contributed by atoms with Crippen LogP contribution in [-0.4, -0.2) is 27.2 Å². The first-order valence-electron chi connectivity index (χ1n) is 8.01. The van der Waals surface area contributed by atoms with Gasteiger partial charge in [0, 0.05) is 16.2 Å². The topological polar surface area (TPSA) is 95.1 Å². The van der Waals surface area contributed by atoms with Gasteiger partial charge < -0.3 is 10.4 Å². The van der Waals surface area contributed by atoms with Crippen LogP contribution in [0.2, 0.25) is 0 Å². The lowest BCUT2D eigenvalue weighted by atomic mass is 10.1. The number of carboxylic acid groups (broad SMARTS) is 1. The van der Waals surface area contributed by atoms with Crippen LogP contribution < -0.4 is 5.32 Å². The molecule has 3 N–H and O–H groups in total. The highest BCUT2D eigenvalue weighted by Crippen LogP contribution is 2.27. The van der Waals surface area contributed by atoms with Gasteiger partial charge in [0.05, 0.1) is 4.47 Å². The summed E-state index contributed by atoms with van der Waals surface area (Å²) >= 11 is 4.79. The minimum absolute atomic E-state index is 0.117. The molecule has 0 saturated carbocycles. The molecule has 0 aliphatic heterocycles. The van der Waals surface area contributed by atoms with Gasteiger partial charge in [-0.05, 0) is 46.6 Å². The first-order chi connectivity index (χ1) is 13.0. The number of nitrogens with zero attached hydrogens (tertiary/aromatic N) is 1. The average molecular weight is 446 g/mol. The maximum absolute atomic E-state index is 12.7. The Balaban J connectivity index is 1.75. The van der Waals surface area contributed by atoms with Crippen molar-refractivity contribution < 1.29 is 14.7 Å². The van der Waals surface area contributed by atoms with Crippen molar-refractivity contribution in [1.82, 2.24) is 10.2 Å².